The van der Waals surface area contributed by atoms with Gasteiger partial charge in [-0.15, -0.1) is 0 Å². The van der Waals surface area contributed by atoms with Crippen LogP contribution in [0.4, 0.5) is 0 Å². The number of ether oxygens (including phenoxy) is 2. The van der Waals surface area contributed by atoms with E-state index in [2.05, 4.69) is 6.92 Å². The molecule has 1 aromatic carbocycles. The molecule has 0 N–H and O–H groups in total. The van der Waals surface area contributed by atoms with Gasteiger partial charge in [0.05, 0.1) is 6.61 Å². The molecule has 0 atom stereocenters. The first-order chi connectivity index (χ1) is 9.27. The molecule has 0 aliphatic heterocycles. The molecule has 3 nitrogen and oxygen atoms in total. The molecule has 0 spiro atoms. The molecule has 1 aromatic rings. The standard InChI is InChI=1S/C16H24O3/c1-3-5-6-7-12-18-13-16(17)14-8-10-15(11-9-14)19-4-2/h8-11H,3-7,12-13H2,1-2H3. The van der Waals surface area contributed by atoms with Crippen LogP contribution in [0.5, 0.6) is 5.75 Å². The maximum atomic E-state index is 11.8. The molecule has 0 aliphatic rings. The van der Waals surface area contributed by atoms with Gasteiger partial charge in [0.2, 0.25) is 0 Å². The van der Waals surface area contributed by atoms with Crippen LogP contribution in [0.25, 0.3) is 0 Å². The van der Waals surface area contributed by atoms with Crippen LogP contribution < -0.4 is 4.74 Å². The molecule has 0 aromatic heterocycles. The van der Waals surface area contributed by atoms with E-state index in [1.807, 2.05) is 19.1 Å². The summed E-state index contributed by atoms with van der Waals surface area (Å²) < 4.78 is 10.7. The van der Waals surface area contributed by atoms with E-state index >= 15 is 0 Å². The first kappa shape index (κ1) is 15.7. The summed E-state index contributed by atoms with van der Waals surface area (Å²) in [5.74, 6) is 0.818. The lowest BCUT2D eigenvalue weighted by atomic mass is 10.1. The average molecular weight is 264 g/mol. The highest BCUT2D eigenvalue weighted by molar-refractivity contribution is 5.97. The Morgan fingerprint density at radius 2 is 1.79 bits per heavy atom. The number of Topliss-reactive ketones (excluding diaryl/α,β-unsaturated/α-hetero) is 1. The molecule has 3 heteroatoms. The Hall–Kier alpha value is -1.35. The summed E-state index contributed by atoms with van der Waals surface area (Å²) in [5, 5.41) is 0. The van der Waals surface area contributed by atoms with Gasteiger partial charge in [-0.2, -0.15) is 0 Å². The molecule has 0 aliphatic carbocycles. The predicted octanol–water partition coefficient (Wildman–Crippen LogP) is 3.86. The van der Waals surface area contributed by atoms with Crippen molar-refractivity contribution >= 4 is 5.78 Å². The molecular formula is C16H24O3. The van der Waals surface area contributed by atoms with E-state index in [0.717, 1.165) is 12.2 Å². The number of ketones is 1. The SMILES string of the molecule is CCCCCCOCC(=O)c1ccc(OCC)cc1. The van der Waals surface area contributed by atoms with Crippen molar-refractivity contribution in [3.8, 4) is 5.75 Å². The second-order valence-electron chi connectivity index (χ2n) is 4.49. The van der Waals surface area contributed by atoms with Gasteiger partial charge in [-0.1, -0.05) is 26.2 Å². The molecule has 0 radical (unpaired) electrons. The van der Waals surface area contributed by atoms with Crippen LogP contribution in [0.3, 0.4) is 0 Å². The van der Waals surface area contributed by atoms with Crippen molar-refractivity contribution in [2.45, 2.75) is 39.5 Å². The summed E-state index contributed by atoms with van der Waals surface area (Å²) in [6.45, 7) is 5.58. The van der Waals surface area contributed by atoms with Crippen LogP contribution in [0.1, 0.15) is 49.9 Å². The van der Waals surface area contributed by atoms with E-state index in [1.165, 1.54) is 19.3 Å². The number of unbranched alkanes of at least 4 members (excludes halogenated alkanes) is 3. The molecule has 0 fully saturated rings. The second kappa shape index (κ2) is 9.56. The van der Waals surface area contributed by atoms with Crippen molar-refractivity contribution in [3.63, 3.8) is 0 Å². The van der Waals surface area contributed by atoms with Crippen molar-refractivity contribution in [1.82, 2.24) is 0 Å². The summed E-state index contributed by atoms with van der Waals surface area (Å²) in [7, 11) is 0. The van der Waals surface area contributed by atoms with E-state index in [9.17, 15) is 4.79 Å². The molecule has 0 saturated carbocycles. The zero-order valence-electron chi connectivity index (χ0n) is 12.0. The van der Waals surface area contributed by atoms with Crippen LogP contribution in [-0.2, 0) is 4.74 Å². The predicted molar refractivity (Wildman–Crippen MR) is 76.9 cm³/mol. The zero-order valence-corrected chi connectivity index (χ0v) is 12.0. The van der Waals surface area contributed by atoms with Crippen LogP contribution in [0.2, 0.25) is 0 Å². The smallest absolute Gasteiger partial charge is 0.188 e. The Balaban J connectivity index is 2.25. The third-order valence-electron chi connectivity index (χ3n) is 2.86. The second-order valence-corrected chi connectivity index (χ2v) is 4.49. The topological polar surface area (TPSA) is 35.5 Å². The molecule has 0 unspecified atom stereocenters. The van der Waals surface area contributed by atoms with Gasteiger partial charge in [-0.05, 0) is 37.6 Å². The third-order valence-corrected chi connectivity index (χ3v) is 2.86. The lowest BCUT2D eigenvalue weighted by Crippen LogP contribution is -2.09. The van der Waals surface area contributed by atoms with Gasteiger partial charge in [-0.25, -0.2) is 0 Å². The van der Waals surface area contributed by atoms with Gasteiger partial charge in [-0.3, -0.25) is 4.79 Å². The fourth-order valence-corrected chi connectivity index (χ4v) is 1.78. The Morgan fingerprint density at radius 1 is 1.05 bits per heavy atom. The Morgan fingerprint density at radius 3 is 2.42 bits per heavy atom. The van der Waals surface area contributed by atoms with E-state index in [0.29, 0.717) is 18.8 Å². The monoisotopic (exact) mass is 264 g/mol. The lowest BCUT2D eigenvalue weighted by molar-refractivity contribution is 0.0752. The van der Waals surface area contributed by atoms with Crippen molar-refractivity contribution in [3.05, 3.63) is 29.8 Å². The molecule has 106 valence electrons. The Bertz CT molecular complexity index is 357. The molecular weight excluding hydrogens is 240 g/mol. The van der Waals surface area contributed by atoms with Crippen molar-refractivity contribution < 1.29 is 14.3 Å². The van der Waals surface area contributed by atoms with Gasteiger partial charge in [0.1, 0.15) is 12.4 Å². The number of hydrogen-bond acceptors (Lipinski definition) is 3. The Kier molecular flexibility index (Phi) is 7.91. The van der Waals surface area contributed by atoms with Crippen molar-refractivity contribution in [2.75, 3.05) is 19.8 Å². The number of rotatable bonds is 10. The van der Waals surface area contributed by atoms with Crippen molar-refractivity contribution in [2.24, 2.45) is 0 Å². The average Bonchev–Trinajstić information content (AvgIpc) is 2.43. The van der Waals surface area contributed by atoms with E-state index in [-0.39, 0.29) is 12.4 Å². The minimum absolute atomic E-state index is 0.0264. The molecule has 0 amide bonds. The highest BCUT2D eigenvalue weighted by atomic mass is 16.5. The van der Waals surface area contributed by atoms with E-state index < -0.39 is 0 Å². The van der Waals surface area contributed by atoms with Crippen LogP contribution in [0.15, 0.2) is 24.3 Å². The minimum atomic E-state index is 0.0264. The van der Waals surface area contributed by atoms with Crippen LogP contribution >= 0.6 is 0 Å². The lowest BCUT2D eigenvalue weighted by Gasteiger charge is -2.05. The zero-order chi connectivity index (χ0) is 13.9. The largest absolute Gasteiger partial charge is 0.494 e. The van der Waals surface area contributed by atoms with Gasteiger partial charge in [0.25, 0.3) is 0 Å². The minimum Gasteiger partial charge on any atom is -0.494 e. The molecule has 0 heterocycles. The summed E-state index contributed by atoms with van der Waals surface area (Å²) >= 11 is 0. The van der Waals surface area contributed by atoms with Crippen LogP contribution in [0, 0.1) is 0 Å². The fourth-order valence-electron chi connectivity index (χ4n) is 1.78. The fraction of sp³-hybridized carbons (Fsp3) is 0.562. The highest BCUT2D eigenvalue weighted by Crippen LogP contribution is 2.12. The summed E-state index contributed by atoms with van der Waals surface area (Å²) in [4.78, 5) is 11.8. The first-order valence-electron chi connectivity index (χ1n) is 7.11. The number of hydrogen-bond donors (Lipinski definition) is 0. The van der Waals surface area contributed by atoms with E-state index in [4.69, 9.17) is 9.47 Å². The Labute approximate surface area is 115 Å². The number of carbonyl (C=O) groups is 1. The quantitative estimate of drug-likeness (QED) is 0.475. The van der Waals surface area contributed by atoms with E-state index in [1.54, 1.807) is 12.1 Å². The normalized spacial score (nSPS) is 10.4. The number of carbonyl (C=O) groups excluding carboxylic acids is 1. The van der Waals surface area contributed by atoms with Crippen LogP contribution in [-0.4, -0.2) is 25.6 Å². The third kappa shape index (κ3) is 6.39. The van der Waals surface area contributed by atoms with Gasteiger partial charge in [0, 0.05) is 12.2 Å². The molecule has 0 bridgehead atoms. The molecule has 0 saturated heterocycles. The van der Waals surface area contributed by atoms with Gasteiger partial charge < -0.3 is 9.47 Å². The maximum absolute atomic E-state index is 11.8. The summed E-state index contributed by atoms with van der Waals surface area (Å²) in [6.07, 6.45) is 4.65. The summed E-state index contributed by atoms with van der Waals surface area (Å²) in [5.41, 5.74) is 0.678. The van der Waals surface area contributed by atoms with Crippen molar-refractivity contribution in [1.29, 1.82) is 0 Å². The summed E-state index contributed by atoms with van der Waals surface area (Å²) in [6, 6.07) is 7.21. The number of benzene rings is 1. The highest BCUT2D eigenvalue weighted by Gasteiger charge is 2.05. The van der Waals surface area contributed by atoms with Gasteiger partial charge in [0.15, 0.2) is 5.78 Å². The first-order valence-corrected chi connectivity index (χ1v) is 7.11. The maximum Gasteiger partial charge on any atom is 0.188 e. The molecule has 19 heavy (non-hydrogen) atoms. The molecule has 1 rings (SSSR count). The van der Waals surface area contributed by atoms with Gasteiger partial charge >= 0.3 is 0 Å².